The van der Waals surface area contributed by atoms with Crippen molar-refractivity contribution < 1.29 is 24.5 Å². The van der Waals surface area contributed by atoms with Crippen LogP contribution in [0.2, 0.25) is 0 Å². The highest BCUT2D eigenvalue weighted by atomic mass is 16.5. The molecule has 0 heterocycles. The van der Waals surface area contributed by atoms with Gasteiger partial charge in [0, 0.05) is 12.8 Å². The fourth-order valence-corrected chi connectivity index (χ4v) is 9.81. The van der Waals surface area contributed by atoms with Crippen LogP contribution in [0, 0.1) is 0 Å². The molecule has 404 valence electrons. The second-order valence-electron chi connectivity index (χ2n) is 21.4. The number of allylic oxidation sites excluding steroid dienone is 2. The lowest BCUT2D eigenvalue weighted by Crippen LogP contribution is -2.45. The van der Waals surface area contributed by atoms with E-state index in [2.05, 4.69) is 31.3 Å². The Labute approximate surface area is 425 Å². The molecular weight excluding hydrogens is 839 g/mol. The lowest BCUT2D eigenvalue weighted by molar-refractivity contribution is -0.143. The smallest absolute Gasteiger partial charge is 0.305 e. The molecule has 0 aromatic rings. The SMILES string of the molecule is CCCCCCCCCCCCCCCCCCCCCCC(O)C(CO)NC(=O)CCCCCCCCC/C=C\CCCCCCOC(=O)CCCCCCCCCCCCCCCCCC. The van der Waals surface area contributed by atoms with Gasteiger partial charge < -0.3 is 20.3 Å². The summed E-state index contributed by atoms with van der Waals surface area (Å²) in [5, 5.41) is 23.3. The number of esters is 1. The van der Waals surface area contributed by atoms with Gasteiger partial charge in [0.05, 0.1) is 25.4 Å². The predicted octanol–water partition coefficient (Wildman–Crippen LogP) is 19.2. The molecule has 0 aliphatic carbocycles. The first-order chi connectivity index (χ1) is 33.5. The summed E-state index contributed by atoms with van der Waals surface area (Å²) in [6.45, 7) is 4.95. The summed E-state index contributed by atoms with van der Waals surface area (Å²) in [4.78, 5) is 24.6. The van der Waals surface area contributed by atoms with E-state index in [9.17, 15) is 19.8 Å². The minimum absolute atomic E-state index is 0.00555. The fourth-order valence-electron chi connectivity index (χ4n) is 9.81. The molecule has 0 aromatic heterocycles. The van der Waals surface area contributed by atoms with Crippen LogP contribution in [0.25, 0.3) is 0 Å². The van der Waals surface area contributed by atoms with Crippen LogP contribution < -0.4 is 5.32 Å². The summed E-state index contributed by atoms with van der Waals surface area (Å²) in [5.41, 5.74) is 0. The number of rotatable bonds is 58. The van der Waals surface area contributed by atoms with Crippen LogP contribution in [0.15, 0.2) is 12.2 Å². The number of ether oxygens (including phenoxy) is 1. The largest absolute Gasteiger partial charge is 0.466 e. The van der Waals surface area contributed by atoms with Crippen molar-refractivity contribution in [1.29, 1.82) is 0 Å². The van der Waals surface area contributed by atoms with E-state index in [1.54, 1.807) is 0 Å². The molecule has 2 atom stereocenters. The number of carbonyl (C=O) groups excluding carboxylic acids is 2. The molecule has 0 fully saturated rings. The third kappa shape index (κ3) is 53.9. The molecule has 3 N–H and O–H groups in total. The molecule has 0 rings (SSSR count). The van der Waals surface area contributed by atoms with Crippen LogP contribution in [0.3, 0.4) is 0 Å². The molecule has 1 amide bonds. The minimum Gasteiger partial charge on any atom is -0.466 e. The second-order valence-corrected chi connectivity index (χ2v) is 21.4. The van der Waals surface area contributed by atoms with Crippen molar-refractivity contribution in [3.05, 3.63) is 12.2 Å². The number of amides is 1. The summed E-state index contributed by atoms with van der Waals surface area (Å²) in [6.07, 6.45) is 69.3. The summed E-state index contributed by atoms with van der Waals surface area (Å²) < 4.78 is 5.47. The van der Waals surface area contributed by atoms with Crippen molar-refractivity contribution in [2.75, 3.05) is 13.2 Å². The van der Waals surface area contributed by atoms with Gasteiger partial charge >= 0.3 is 5.97 Å². The molecule has 0 aliphatic heterocycles. The van der Waals surface area contributed by atoms with Crippen LogP contribution in [-0.2, 0) is 14.3 Å². The topological polar surface area (TPSA) is 95.9 Å². The van der Waals surface area contributed by atoms with Crippen molar-refractivity contribution in [2.45, 2.75) is 360 Å². The molecular formula is C62H121NO5. The molecule has 0 saturated carbocycles. The van der Waals surface area contributed by atoms with E-state index in [1.165, 1.54) is 244 Å². The zero-order valence-electron chi connectivity index (χ0n) is 46.1. The lowest BCUT2D eigenvalue weighted by Gasteiger charge is -2.22. The Bertz CT molecular complexity index is 1020. The van der Waals surface area contributed by atoms with Gasteiger partial charge in [0.2, 0.25) is 5.91 Å². The maximum atomic E-state index is 12.5. The highest BCUT2D eigenvalue weighted by Crippen LogP contribution is 2.18. The number of aliphatic hydroxyl groups excluding tert-OH is 2. The molecule has 0 radical (unpaired) electrons. The predicted molar refractivity (Wildman–Crippen MR) is 297 cm³/mol. The lowest BCUT2D eigenvalue weighted by atomic mass is 10.0. The van der Waals surface area contributed by atoms with E-state index in [4.69, 9.17) is 4.74 Å². The number of hydrogen-bond donors (Lipinski definition) is 3. The van der Waals surface area contributed by atoms with Crippen LogP contribution in [-0.4, -0.2) is 47.4 Å². The monoisotopic (exact) mass is 960 g/mol. The highest BCUT2D eigenvalue weighted by Gasteiger charge is 2.20. The first kappa shape index (κ1) is 66.6. The van der Waals surface area contributed by atoms with Gasteiger partial charge in [0.1, 0.15) is 0 Å². The summed E-state index contributed by atoms with van der Waals surface area (Å²) >= 11 is 0. The zero-order valence-corrected chi connectivity index (χ0v) is 46.1. The molecule has 0 aromatic carbocycles. The Morgan fingerprint density at radius 2 is 0.691 bits per heavy atom. The number of nitrogens with one attached hydrogen (secondary N) is 1. The Morgan fingerprint density at radius 1 is 0.397 bits per heavy atom. The first-order valence-electron chi connectivity index (χ1n) is 30.9. The molecule has 0 spiro atoms. The Balaban J connectivity index is 3.45. The van der Waals surface area contributed by atoms with Crippen molar-refractivity contribution in [1.82, 2.24) is 5.32 Å². The van der Waals surface area contributed by atoms with Crippen LogP contribution >= 0.6 is 0 Å². The summed E-state index contributed by atoms with van der Waals surface area (Å²) in [7, 11) is 0. The van der Waals surface area contributed by atoms with Crippen molar-refractivity contribution in [3.63, 3.8) is 0 Å². The van der Waals surface area contributed by atoms with E-state index in [-0.39, 0.29) is 18.5 Å². The number of unbranched alkanes of at least 4 members (excludes halogenated alkanes) is 45. The molecule has 6 nitrogen and oxygen atoms in total. The van der Waals surface area contributed by atoms with Gasteiger partial charge in [-0.25, -0.2) is 0 Å². The first-order valence-corrected chi connectivity index (χ1v) is 30.9. The van der Waals surface area contributed by atoms with Gasteiger partial charge in [-0.3, -0.25) is 9.59 Å². The molecule has 2 unspecified atom stereocenters. The number of hydrogen-bond acceptors (Lipinski definition) is 5. The fraction of sp³-hybridized carbons (Fsp3) is 0.935. The van der Waals surface area contributed by atoms with Crippen LogP contribution in [0.5, 0.6) is 0 Å². The van der Waals surface area contributed by atoms with E-state index < -0.39 is 12.1 Å². The molecule has 0 aliphatic rings. The van der Waals surface area contributed by atoms with E-state index in [0.717, 1.165) is 70.6 Å². The third-order valence-corrected chi connectivity index (χ3v) is 14.6. The number of carbonyl (C=O) groups is 2. The second kappa shape index (κ2) is 58.2. The molecule has 0 bridgehead atoms. The third-order valence-electron chi connectivity index (χ3n) is 14.6. The van der Waals surface area contributed by atoms with Crippen LogP contribution in [0.4, 0.5) is 0 Å². The van der Waals surface area contributed by atoms with E-state index >= 15 is 0 Å². The summed E-state index contributed by atoms with van der Waals surface area (Å²) in [6, 6.07) is -0.553. The Morgan fingerprint density at radius 3 is 1.04 bits per heavy atom. The zero-order chi connectivity index (χ0) is 49.3. The maximum absolute atomic E-state index is 12.5. The maximum Gasteiger partial charge on any atom is 0.305 e. The van der Waals surface area contributed by atoms with Crippen molar-refractivity contribution in [3.8, 4) is 0 Å². The quantitative estimate of drug-likeness (QED) is 0.0321. The normalized spacial score (nSPS) is 12.6. The van der Waals surface area contributed by atoms with Gasteiger partial charge in [-0.15, -0.1) is 0 Å². The van der Waals surface area contributed by atoms with Gasteiger partial charge in [0.25, 0.3) is 0 Å². The molecule has 6 heteroatoms. The van der Waals surface area contributed by atoms with Gasteiger partial charge in [0.15, 0.2) is 0 Å². The van der Waals surface area contributed by atoms with Gasteiger partial charge in [-0.1, -0.05) is 296 Å². The van der Waals surface area contributed by atoms with E-state index in [1.807, 2.05) is 0 Å². The van der Waals surface area contributed by atoms with E-state index in [0.29, 0.717) is 25.9 Å². The molecule has 68 heavy (non-hydrogen) atoms. The van der Waals surface area contributed by atoms with Crippen LogP contribution in [0.1, 0.15) is 348 Å². The average molecular weight is 961 g/mol. The van der Waals surface area contributed by atoms with Gasteiger partial charge in [-0.05, 0) is 51.4 Å². The summed E-state index contributed by atoms with van der Waals surface area (Å²) in [5.74, 6) is -0.0519. The Hall–Kier alpha value is -1.40. The van der Waals surface area contributed by atoms with Crippen molar-refractivity contribution >= 4 is 11.9 Å². The Kier molecular flexibility index (Phi) is 57.0. The minimum atomic E-state index is -0.674. The standard InChI is InChI=1S/C62H121NO5/c1-3-5-7-9-11-13-15-17-19-21-22-23-24-26-30-34-38-42-46-50-54-60(65)59(58-64)63-61(66)55-51-47-43-39-35-31-27-25-29-33-37-41-45-49-53-57-68-62(67)56-52-48-44-40-36-32-28-20-18-16-14-12-10-8-6-4-2/h29,33,59-60,64-65H,3-28,30-32,34-58H2,1-2H3,(H,63,66)/b33-29-. The van der Waals surface area contributed by atoms with Gasteiger partial charge in [-0.2, -0.15) is 0 Å². The van der Waals surface area contributed by atoms with Crippen molar-refractivity contribution in [2.24, 2.45) is 0 Å². The average Bonchev–Trinajstić information content (AvgIpc) is 3.34. The molecule has 0 saturated heterocycles. The highest BCUT2D eigenvalue weighted by molar-refractivity contribution is 5.76. The number of aliphatic hydroxyl groups is 2.